The fourth-order valence-electron chi connectivity index (χ4n) is 3.29. The van der Waals surface area contributed by atoms with Crippen LogP contribution in [0.25, 0.3) is 10.2 Å². The summed E-state index contributed by atoms with van der Waals surface area (Å²) in [6.07, 6.45) is 1.16. The van der Waals surface area contributed by atoms with E-state index in [1.54, 1.807) is 11.3 Å². The molecule has 24 heavy (non-hydrogen) atoms. The summed E-state index contributed by atoms with van der Waals surface area (Å²) in [5.74, 6) is 0. The van der Waals surface area contributed by atoms with Crippen molar-refractivity contribution in [3.8, 4) is 0 Å². The lowest BCUT2D eigenvalue weighted by molar-refractivity contribution is 0.241. The van der Waals surface area contributed by atoms with Crippen LogP contribution in [0.3, 0.4) is 0 Å². The van der Waals surface area contributed by atoms with Gasteiger partial charge < -0.3 is 5.32 Å². The molecule has 2 heterocycles. The number of para-hydroxylation sites is 1. The molecule has 0 saturated carbocycles. The fourth-order valence-corrected chi connectivity index (χ4v) is 4.54. The molecule has 3 aromatic rings. The van der Waals surface area contributed by atoms with Gasteiger partial charge in [0.15, 0.2) is 0 Å². The first kappa shape index (κ1) is 16.0. The Morgan fingerprint density at radius 2 is 1.88 bits per heavy atom. The van der Waals surface area contributed by atoms with Gasteiger partial charge in [0.1, 0.15) is 5.01 Å². The second-order valence-corrected chi connectivity index (χ2v) is 7.61. The van der Waals surface area contributed by atoms with Gasteiger partial charge in [-0.15, -0.1) is 11.3 Å². The second-order valence-electron chi connectivity index (χ2n) is 6.11. The molecule has 0 radical (unpaired) electrons. The van der Waals surface area contributed by atoms with Crippen LogP contribution >= 0.6 is 22.9 Å². The lowest BCUT2D eigenvalue weighted by Gasteiger charge is -2.29. The van der Waals surface area contributed by atoms with Gasteiger partial charge in [-0.25, -0.2) is 4.98 Å². The Kier molecular flexibility index (Phi) is 4.81. The molecular weight excluding hydrogens is 338 g/mol. The number of benzene rings is 2. The molecular formula is C19H20ClN3S. The van der Waals surface area contributed by atoms with Crippen LogP contribution in [0.4, 0.5) is 0 Å². The van der Waals surface area contributed by atoms with E-state index in [0.29, 0.717) is 0 Å². The largest absolute Gasteiger partial charge is 0.315 e. The SMILES string of the molecule is Clc1ccc(C(c2nc3ccccc3s2)N2CCCNCC2)cc1. The topological polar surface area (TPSA) is 28.2 Å². The average molecular weight is 358 g/mol. The van der Waals surface area contributed by atoms with E-state index in [-0.39, 0.29) is 6.04 Å². The van der Waals surface area contributed by atoms with Crippen LogP contribution < -0.4 is 5.32 Å². The Morgan fingerprint density at radius 1 is 1.04 bits per heavy atom. The van der Waals surface area contributed by atoms with Gasteiger partial charge >= 0.3 is 0 Å². The minimum absolute atomic E-state index is 0.194. The Balaban J connectivity index is 1.77. The van der Waals surface area contributed by atoms with Crippen LogP contribution in [0.5, 0.6) is 0 Å². The van der Waals surface area contributed by atoms with Crippen LogP contribution in [-0.4, -0.2) is 36.1 Å². The van der Waals surface area contributed by atoms with E-state index in [1.807, 2.05) is 12.1 Å². The molecule has 0 spiro atoms. The molecule has 0 bridgehead atoms. The Morgan fingerprint density at radius 3 is 2.71 bits per heavy atom. The van der Waals surface area contributed by atoms with E-state index in [2.05, 4.69) is 46.6 Å². The highest BCUT2D eigenvalue weighted by molar-refractivity contribution is 7.18. The summed E-state index contributed by atoms with van der Waals surface area (Å²) in [5, 5.41) is 5.44. The molecule has 0 aliphatic carbocycles. The third-order valence-electron chi connectivity index (χ3n) is 4.47. The zero-order valence-corrected chi connectivity index (χ0v) is 15.0. The maximum Gasteiger partial charge on any atom is 0.116 e. The smallest absolute Gasteiger partial charge is 0.116 e. The lowest BCUT2D eigenvalue weighted by Crippen LogP contribution is -2.33. The first-order chi connectivity index (χ1) is 11.8. The molecule has 1 atom stereocenters. The molecule has 1 unspecified atom stereocenters. The van der Waals surface area contributed by atoms with E-state index < -0.39 is 0 Å². The van der Waals surface area contributed by atoms with Crippen LogP contribution in [0.1, 0.15) is 23.0 Å². The van der Waals surface area contributed by atoms with Crippen molar-refractivity contribution in [2.45, 2.75) is 12.5 Å². The van der Waals surface area contributed by atoms with Crippen LogP contribution in [0, 0.1) is 0 Å². The zero-order chi connectivity index (χ0) is 16.4. The van der Waals surface area contributed by atoms with Crippen LogP contribution in [-0.2, 0) is 0 Å². The predicted octanol–water partition coefficient (Wildman–Crippen LogP) is 4.33. The number of halogens is 1. The van der Waals surface area contributed by atoms with Gasteiger partial charge in [0.2, 0.25) is 0 Å². The quantitative estimate of drug-likeness (QED) is 0.756. The van der Waals surface area contributed by atoms with Gasteiger partial charge in [-0.05, 0) is 42.8 Å². The lowest BCUT2D eigenvalue weighted by atomic mass is 10.1. The van der Waals surface area contributed by atoms with E-state index in [0.717, 1.165) is 43.1 Å². The Hall–Kier alpha value is -1.46. The molecule has 1 aliphatic heterocycles. The molecule has 1 saturated heterocycles. The Labute approximate surface area is 151 Å². The number of nitrogens with one attached hydrogen (secondary N) is 1. The number of thiazole rings is 1. The molecule has 2 aromatic carbocycles. The minimum Gasteiger partial charge on any atom is -0.315 e. The molecule has 5 heteroatoms. The van der Waals surface area contributed by atoms with E-state index in [1.165, 1.54) is 15.3 Å². The highest BCUT2D eigenvalue weighted by Gasteiger charge is 2.26. The molecule has 1 aromatic heterocycles. The van der Waals surface area contributed by atoms with E-state index >= 15 is 0 Å². The van der Waals surface area contributed by atoms with Crippen molar-refractivity contribution in [2.24, 2.45) is 0 Å². The summed E-state index contributed by atoms with van der Waals surface area (Å²) in [7, 11) is 0. The van der Waals surface area contributed by atoms with Crippen molar-refractivity contribution in [1.29, 1.82) is 0 Å². The monoisotopic (exact) mass is 357 g/mol. The molecule has 1 aliphatic rings. The van der Waals surface area contributed by atoms with Crippen molar-refractivity contribution >= 4 is 33.2 Å². The van der Waals surface area contributed by atoms with Crippen molar-refractivity contribution in [1.82, 2.24) is 15.2 Å². The summed E-state index contributed by atoms with van der Waals surface area (Å²) in [5.41, 5.74) is 2.35. The summed E-state index contributed by atoms with van der Waals surface area (Å²) in [6.45, 7) is 4.22. The summed E-state index contributed by atoms with van der Waals surface area (Å²) in [6, 6.07) is 16.8. The van der Waals surface area contributed by atoms with Gasteiger partial charge in [0.05, 0.1) is 16.3 Å². The zero-order valence-electron chi connectivity index (χ0n) is 13.4. The standard InChI is InChI=1S/C19H20ClN3S/c20-15-8-6-14(7-9-15)18(23-12-3-10-21-11-13-23)19-22-16-4-1-2-5-17(16)24-19/h1-2,4-9,18,21H,3,10-13H2. The van der Waals surface area contributed by atoms with Gasteiger partial charge in [-0.2, -0.15) is 0 Å². The van der Waals surface area contributed by atoms with Crippen molar-refractivity contribution in [3.63, 3.8) is 0 Å². The predicted molar refractivity (Wildman–Crippen MR) is 102 cm³/mol. The number of rotatable bonds is 3. The first-order valence-electron chi connectivity index (χ1n) is 8.37. The fraction of sp³-hybridized carbons (Fsp3) is 0.316. The normalized spacial score (nSPS) is 17.7. The molecule has 0 amide bonds. The molecule has 1 fully saturated rings. The summed E-state index contributed by atoms with van der Waals surface area (Å²) >= 11 is 7.90. The van der Waals surface area contributed by atoms with Crippen LogP contribution in [0.15, 0.2) is 48.5 Å². The molecule has 1 N–H and O–H groups in total. The number of aromatic nitrogens is 1. The molecule has 124 valence electrons. The van der Waals surface area contributed by atoms with Gasteiger partial charge in [0, 0.05) is 24.7 Å². The van der Waals surface area contributed by atoms with Gasteiger partial charge in [-0.1, -0.05) is 35.9 Å². The summed E-state index contributed by atoms with van der Waals surface area (Å²) < 4.78 is 1.25. The second kappa shape index (κ2) is 7.19. The highest BCUT2D eigenvalue weighted by Crippen LogP contribution is 2.35. The first-order valence-corrected chi connectivity index (χ1v) is 9.56. The third-order valence-corrected chi connectivity index (χ3v) is 5.81. The average Bonchev–Trinajstić information content (AvgIpc) is 2.84. The van der Waals surface area contributed by atoms with Gasteiger partial charge in [0.25, 0.3) is 0 Å². The Bertz CT molecular complexity index is 774. The maximum absolute atomic E-state index is 6.10. The molecule has 4 rings (SSSR count). The van der Waals surface area contributed by atoms with Gasteiger partial charge in [-0.3, -0.25) is 4.90 Å². The van der Waals surface area contributed by atoms with Crippen LogP contribution in [0.2, 0.25) is 5.02 Å². The number of hydrogen-bond donors (Lipinski definition) is 1. The molecule has 3 nitrogen and oxygen atoms in total. The summed E-state index contributed by atoms with van der Waals surface area (Å²) in [4.78, 5) is 7.48. The third kappa shape index (κ3) is 3.33. The maximum atomic E-state index is 6.10. The minimum atomic E-state index is 0.194. The van der Waals surface area contributed by atoms with E-state index in [4.69, 9.17) is 16.6 Å². The number of fused-ring (bicyclic) bond motifs is 1. The number of nitrogens with zero attached hydrogens (tertiary/aromatic N) is 2. The van der Waals surface area contributed by atoms with Crippen molar-refractivity contribution in [3.05, 3.63) is 64.1 Å². The van der Waals surface area contributed by atoms with Crippen molar-refractivity contribution in [2.75, 3.05) is 26.2 Å². The number of hydrogen-bond acceptors (Lipinski definition) is 4. The van der Waals surface area contributed by atoms with E-state index in [9.17, 15) is 0 Å². The highest BCUT2D eigenvalue weighted by atomic mass is 35.5. The van der Waals surface area contributed by atoms with Crippen molar-refractivity contribution < 1.29 is 0 Å².